The van der Waals surface area contributed by atoms with Crippen LogP contribution in [0.1, 0.15) is 78.4 Å². The maximum Gasteiger partial charge on any atom is 0.410 e. The molecule has 0 aliphatic carbocycles. The van der Waals surface area contributed by atoms with Crippen molar-refractivity contribution in [3.8, 4) is 0 Å². The molecule has 6 heterocycles. The Bertz CT molecular complexity index is 1820. The second-order valence-electron chi connectivity index (χ2n) is 19.9. The van der Waals surface area contributed by atoms with Crippen LogP contribution in [0.3, 0.4) is 0 Å². The Kier molecular flexibility index (Phi) is 13.9. The van der Waals surface area contributed by atoms with Crippen LogP contribution in [0.25, 0.3) is 0 Å². The van der Waals surface area contributed by atoms with Crippen molar-refractivity contribution in [1.82, 2.24) is 19.6 Å². The molecule has 0 radical (unpaired) electrons. The molecule has 12 nitrogen and oxygen atoms in total. The highest BCUT2D eigenvalue weighted by atomic mass is 35.5. The van der Waals surface area contributed by atoms with Crippen LogP contribution in [-0.4, -0.2) is 139 Å². The molecule has 0 spiro atoms. The molecule has 2 amide bonds. The third-order valence-electron chi connectivity index (χ3n) is 12.8. The van der Waals surface area contributed by atoms with Crippen LogP contribution in [0.2, 0.25) is 10.0 Å². The molecule has 6 aliphatic rings. The maximum atomic E-state index is 12.4. The SMILES string of the molecule is CC(C)(C)OC(=O)N1CC2CN(Cc3cccc(Cl)c3N3CCC(=O)CC3)CC2C1.CC(C)(C)OC(=O)N1CC2CN(Cc3cccc(Cl)c3N3CCC(O)CC3)CC2C1. The van der Waals surface area contributed by atoms with Gasteiger partial charge >= 0.3 is 12.2 Å². The minimum atomic E-state index is -0.455. The topological polar surface area (TPSA) is 109 Å². The first-order valence-electron chi connectivity index (χ1n) is 22.0. The Morgan fingerprint density at radius 3 is 1.35 bits per heavy atom. The smallest absolute Gasteiger partial charge is 0.410 e. The van der Waals surface area contributed by atoms with Gasteiger partial charge in [-0.1, -0.05) is 47.5 Å². The molecule has 60 heavy (non-hydrogen) atoms. The van der Waals surface area contributed by atoms with Crippen LogP contribution < -0.4 is 9.80 Å². The molecule has 2 aromatic rings. The summed E-state index contributed by atoms with van der Waals surface area (Å²) in [6.07, 6.45) is 2.20. The number of hydrogen-bond donors (Lipinski definition) is 1. The number of ketones is 1. The number of para-hydroxylation sites is 2. The normalized spacial score (nSPS) is 25.3. The highest BCUT2D eigenvalue weighted by molar-refractivity contribution is 6.33. The van der Waals surface area contributed by atoms with Crippen LogP contribution >= 0.6 is 23.2 Å². The molecular formula is C46H66Cl2N6O6. The Morgan fingerprint density at radius 1 is 0.617 bits per heavy atom. The molecule has 0 aromatic heterocycles. The van der Waals surface area contributed by atoms with Crippen molar-refractivity contribution in [2.24, 2.45) is 23.7 Å². The third-order valence-corrected chi connectivity index (χ3v) is 13.4. The number of aliphatic hydroxyl groups is 1. The van der Waals surface area contributed by atoms with E-state index in [9.17, 15) is 19.5 Å². The van der Waals surface area contributed by atoms with Gasteiger partial charge in [-0.2, -0.15) is 0 Å². The minimum Gasteiger partial charge on any atom is -0.444 e. The lowest BCUT2D eigenvalue weighted by Crippen LogP contribution is -2.38. The number of carbonyl (C=O) groups excluding carboxylic acids is 3. The number of benzene rings is 2. The lowest BCUT2D eigenvalue weighted by atomic mass is 10.0. The quantitative estimate of drug-likeness (QED) is 0.316. The number of amides is 2. The Labute approximate surface area is 367 Å². The number of hydrogen-bond acceptors (Lipinski definition) is 10. The number of likely N-dealkylation sites (tertiary alicyclic amines) is 4. The van der Waals surface area contributed by atoms with E-state index in [4.69, 9.17) is 32.7 Å². The van der Waals surface area contributed by atoms with Crippen molar-refractivity contribution < 1.29 is 29.0 Å². The van der Waals surface area contributed by atoms with E-state index in [-0.39, 0.29) is 18.3 Å². The fourth-order valence-corrected chi connectivity index (χ4v) is 10.7. The minimum absolute atomic E-state index is 0.187. The molecule has 6 aliphatic heterocycles. The van der Waals surface area contributed by atoms with E-state index in [1.165, 1.54) is 11.1 Å². The molecule has 4 unspecified atom stereocenters. The third kappa shape index (κ3) is 11.2. The number of Topliss-reactive ketones (excluding diaryl/α,β-unsaturated/α-hetero) is 1. The predicted molar refractivity (Wildman–Crippen MR) is 237 cm³/mol. The average Bonchev–Trinajstić information content (AvgIpc) is 3.93. The van der Waals surface area contributed by atoms with Gasteiger partial charge in [0.15, 0.2) is 0 Å². The summed E-state index contributed by atoms with van der Waals surface area (Å²) < 4.78 is 11.1. The van der Waals surface area contributed by atoms with Crippen molar-refractivity contribution in [1.29, 1.82) is 0 Å². The van der Waals surface area contributed by atoms with Gasteiger partial charge in [0, 0.05) is 104 Å². The number of rotatable bonds is 6. The molecule has 2 aromatic carbocycles. The molecule has 0 saturated carbocycles. The maximum absolute atomic E-state index is 12.4. The van der Waals surface area contributed by atoms with Crippen LogP contribution in [0.5, 0.6) is 0 Å². The number of fused-ring (bicyclic) bond motifs is 2. The van der Waals surface area contributed by atoms with E-state index in [1.54, 1.807) is 0 Å². The average molecular weight is 870 g/mol. The van der Waals surface area contributed by atoms with Gasteiger partial charge in [-0.3, -0.25) is 14.6 Å². The van der Waals surface area contributed by atoms with Crippen LogP contribution in [0.4, 0.5) is 21.0 Å². The van der Waals surface area contributed by atoms with Crippen molar-refractivity contribution in [3.63, 3.8) is 0 Å². The van der Waals surface area contributed by atoms with Gasteiger partial charge in [0.05, 0.1) is 27.5 Å². The van der Waals surface area contributed by atoms with Crippen molar-refractivity contribution in [3.05, 3.63) is 57.6 Å². The number of aliphatic hydroxyl groups excluding tert-OH is 1. The second kappa shape index (κ2) is 18.6. The summed E-state index contributed by atoms with van der Waals surface area (Å²) in [6, 6.07) is 12.3. The first-order valence-corrected chi connectivity index (χ1v) is 22.8. The first kappa shape index (κ1) is 44.8. The van der Waals surface area contributed by atoms with Gasteiger partial charge in [-0.25, -0.2) is 9.59 Å². The van der Waals surface area contributed by atoms with Gasteiger partial charge in [0.25, 0.3) is 0 Å². The zero-order chi connectivity index (χ0) is 42.9. The molecule has 6 saturated heterocycles. The van der Waals surface area contributed by atoms with Gasteiger partial charge in [0.2, 0.25) is 0 Å². The Hall–Kier alpha value is -3.29. The van der Waals surface area contributed by atoms with Crippen LogP contribution in [0.15, 0.2) is 36.4 Å². The highest BCUT2D eigenvalue weighted by Crippen LogP contribution is 2.38. The second-order valence-corrected chi connectivity index (χ2v) is 20.8. The predicted octanol–water partition coefficient (Wildman–Crippen LogP) is 7.41. The van der Waals surface area contributed by atoms with E-state index in [1.807, 2.05) is 75.6 Å². The van der Waals surface area contributed by atoms with Gasteiger partial charge in [0.1, 0.15) is 17.0 Å². The van der Waals surface area contributed by atoms with Gasteiger partial charge in [-0.05, 0) is 101 Å². The lowest BCUT2D eigenvalue weighted by molar-refractivity contribution is -0.119. The van der Waals surface area contributed by atoms with Crippen LogP contribution in [0, 0.1) is 23.7 Å². The standard InChI is InChI=1S/C23H34ClN3O3.C23H32ClN3O3/c2*1-23(2,3)30-22(29)27-14-17-12-25(13-18(17)15-27)11-16-5-4-6-20(24)21(16)26-9-7-19(28)8-10-26/h4-6,17-19,28H,7-15H2,1-3H3;4-6,17-18H,7-15H2,1-3H3. The molecule has 6 fully saturated rings. The zero-order valence-corrected chi connectivity index (χ0v) is 38.0. The fourth-order valence-electron chi connectivity index (χ4n) is 10.0. The first-order chi connectivity index (χ1) is 28.4. The van der Waals surface area contributed by atoms with Crippen molar-refractivity contribution >= 4 is 52.5 Å². The summed E-state index contributed by atoms with van der Waals surface area (Å²) in [5.74, 6) is 2.33. The van der Waals surface area contributed by atoms with Crippen molar-refractivity contribution in [2.45, 2.75) is 97.6 Å². The molecular weight excluding hydrogens is 803 g/mol. The van der Waals surface area contributed by atoms with Crippen LogP contribution in [-0.2, 0) is 27.4 Å². The monoisotopic (exact) mass is 868 g/mol. The number of ether oxygens (including phenoxy) is 2. The number of anilines is 2. The summed E-state index contributed by atoms with van der Waals surface area (Å²) in [6.45, 7) is 23.4. The summed E-state index contributed by atoms with van der Waals surface area (Å²) >= 11 is 13.2. The number of halogens is 2. The summed E-state index contributed by atoms with van der Waals surface area (Å²) in [5.41, 5.74) is 3.78. The summed E-state index contributed by atoms with van der Waals surface area (Å²) in [4.78, 5) is 49.7. The lowest BCUT2D eigenvalue weighted by Gasteiger charge is -2.34. The number of piperidine rings is 2. The fraction of sp³-hybridized carbons (Fsp3) is 0.674. The van der Waals surface area contributed by atoms with E-state index in [2.05, 4.69) is 31.7 Å². The molecule has 14 heteroatoms. The molecule has 4 atom stereocenters. The number of carbonyl (C=O) groups is 3. The number of nitrogens with zero attached hydrogens (tertiary/aromatic N) is 6. The largest absolute Gasteiger partial charge is 0.444 e. The van der Waals surface area contributed by atoms with E-state index < -0.39 is 11.2 Å². The van der Waals surface area contributed by atoms with Crippen molar-refractivity contribution in [2.75, 3.05) is 88.3 Å². The summed E-state index contributed by atoms with van der Waals surface area (Å²) in [7, 11) is 0. The Morgan fingerprint density at radius 2 is 0.983 bits per heavy atom. The van der Waals surface area contributed by atoms with E-state index in [0.29, 0.717) is 42.3 Å². The summed E-state index contributed by atoms with van der Waals surface area (Å²) in [5, 5.41) is 11.4. The molecule has 8 rings (SSSR count). The van der Waals surface area contributed by atoms with E-state index in [0.717, 1.165) is 126 Å². The van der Waals surface area contributed by atoms with Gasteiger partial charge in [-0.15, -0.1) is 0 Å². The molecule has 0 bridgehead atoms. The Balaban J connectivity index is 0.000000181. The van der Waals surface area contributed by atoms with Gasteiger partial charge < -0.3 is 34.2 Å². The molecule has 330 valence electrons. The van der Waals surface area contributed by atoms with E-state index >= 15 is 0 Å². The molecule has 1 N–H and O–H groups in total. The highest BCUT2D eigenvalue weighted by Gasteiger charge is 2.44. The zero-order valence-electron chi connectivity index (χ0n) is 36.5.